The van der Waals surface area contributed by atoms with Gasteiger partial charge < -0.3 is 20.0 Å². The second-order valence-electron chi connectivity index (χ2n) is 12.7. The summed E-state index contributed by atoms with van der Waals surface area (Å²) in [5.74, 6) is -1.60. The van der Waals surface area contributed by atoms with Gasteiger partial charge >= 0.3 is 0 Å². The van der Waals surface area contributed by atoms with E-state index in [9.17, 15) is 19.8 Å². The molecule has 0 aliphatic carbocycles. The van der Waals surface area contributed by atoms with Crippen molar-refractivity contribution in [3.63, 3.8) is 0 Å². The molecule has 6 nitrogen and oxygen atoms in total. The number of carbonyl (C=O) groups is 2. The molecule has 212 valence electrons. The molecule has 5 atom stereocenters. The van der Waals surface area contributed by atoms with E-state index in [4.69, 9.17) is 23.2 Å². The van der Waals surface area contributed by atoms with E-state index < -0.39 is 29.3 Å². The van der Waals surface area contributed by atoms with E-state index in [1.54, 1.807) is 18.2 Å². The first-order valence-corrected chi connectivity index (χ1v) is 14.1. The minimum Gasteiger partial charge on any atom is -0.394 e. The average Bonchev–Trinajstić information content (AvgIpc) is 3.21. The van der Waals surface area contributed by atoms with Gasteiger partial charge in [0.1, 0.15) is 17.3 Å². The van der Waals surface area contributed by atoms with Gasteiger partial charge in [-0.25, -0.2) is 4.39 Å². The molecule has 1 amide bonds. The van der Waals surface area contributed by atoms with Crippen LogP contribution in [0.15, 0.2) is 36.4 Å². The number of amides is 1. The highest BCUT2D eigenvalue weighted by atomic mass is 35.5. The lowest BCUT2D eigenvalue weighted by Gasteiger charge is -2.42. The summed E-state index contributed by atoms with van der Waals surface area (Å²) in [5, 5.41) is 22.5. The molecule has 2 aliphatic heterocycles. The van der Waals surface area contributed by atoms with E-state index in [0.717, 1.165) is 5.56 Å². The van der Waals surface area contributed by atoms with Crippen LogP contribution in [0.2, 0.25) is 10.0 Å². The lowest BCUT2D eigenvalue weighted by Crippen LogP contribution is -2.58. The number of rotatable bonds is 8. The Morgan fingerprint density at radius 2 is 1.90 bits per heavy atom. The van der Waals surface area contributed by atoms with E-state index in [1.807, 2.05) is 20.2 Å². The summed E-state index contributed by atoms with van der Waals surface area (Å²) in [5.41, 5.74) is 0.204. The maximum atomic E-state index is 15.1. The Morgan fingerprint density at radius 3 is 2.51 bits per heavy atom. The largest absolute Gasteiger partial charge is 0.394 e. The summed E-state index contributed by atoms with van der Waals surface area (Å²) in [6.07, 6.45) is 0.536. The van der Waals surface area contributed by atoms with Crippen molar-refractivity contribution in [2.24, 2.45) is 5.41 Å². The molecule has 9 heteroatoms. The van der Waals surface area contributed by atoms with Crippen LogP contribution in [0.25, 0.3) is 0 Å². The number of quaternary nitrogens is 1. The number of anilines is 1. The van der Waals surface area contributed by atoms with Crippen LogP contribution in [-0.2, 0) is 15.0 Å². The smallest absolute Gasteiger partial charge is 0.242 e. The van der Waals surface area contributed by atoms with Crippen molar-refractivity contribution in [2.75, 3.05) is 26.0 Å². The van der Waals surface area contributed by atoms with Gasteiger partial charge in [-0.15, -0.1) is 0 Å². The quantitative estimate of drug-likeness (QED) is 0.362. The molecule has 2 aliphatic rings. The van der Waals surface area contributed by atoms with E-state index in [2.05, 4.69) is 26.1 Å². The number of hydrogen-bond acceptors (Lipinski definition) is 4. The van der Waals surface area contributed by atoms with Gasteiger partial charge in [-0.3, -0.25) is 9.59 Å². The van der Waals surface area contributed by atoms with Crippen molar-refractivity contribution in [1.82, 2.24) is 0 Å². The Morgan fingerprint density at radius 1 is 1.21 bits per heavy atom. The molecular weight excluding hydrogens is 542 g/mol. The Labute approximate surface area is 239 Å². The van der Waals surface area contributed by atoms with Gasteiger partial charge in [-0.05, 0) is 48.1 Å². The number of likely N-dealkylation sites (N-methyl/N-ethyl adjacent to an activating group) is 1. The Hall–Kier alpha value is -2.03. The number of nitrogens with one attached hydrogen (secondary N) is 1. The lowest BCUT2D eigenvalue weighted by atomic mass is 9.62. The lowest BCUT2D eigenvalue weighted by molar-refractivity contribution is -0.919. The third-order valence-electron chi connectivity index (χ3n) is 8.50. The molecule has 2 aromatic carbocycles. The van der Waals surface area contributed by atoms with Gasteiger partial charge in [-0.2, -0.15) is 0 Å². The molecule has 2 heterocycles. The summed E-state index contributed by atoms with van der Waals surface area (Å²) in [6, 6.07) is 8.98. The maximum Gasteiger partial charge on any atom is 0.242 e. The molecule has 0 saturated carbocycles. The number of carbonyl (C=O) groups excluding carboxylic acids is 2. The van der Waals surface area contributed by atoms with Crippen molar-refractivity contribution in [3.8, 4) is 0 Å². The Kier molecular flexibility index (Phi) is 8.25. The predicted molar refractivity (Wildman–Crippen MR) is 152 cm³/mol. The molecule has 3 N–H and O–H groups in total. The molecule has 0 unspecified atom stereocenters. The van der Waals surface area contributed by atoms with Crippen LogP contribution in [0.3, 0.4) is 0 Å². The second-order valence-corrected chi connectivity index (χ2v) is 13.6. The van der Waals surface area contributed by atoms with Crippen molar-refractivity contribution in [3.05, 3.63) is 63.4 Å². The van der Waals surface area contributed by atoms with Gasteiger partial charge in [-0.1, -0.05) is 56.1 Å². The van der Waals surface area contributed by atoms with Gasteiger partial charge in [0.2, 0.25) is 5.91 Å². The van der Waals surface area contributed by atoms with Gasteiger partial charge in [0, 0.05) is 29.1 Å². The third-order valence-corrected chi connectivity index (χ3v) is 9.02. The average molecular weight is 581 g/mol. The van der Waals surface area contributed by atoms with Gasteiger partial charge in [0.25, 0.3) is 0 Å². The van der Waals surface area contributed by atoms with Crippen LogP contribution in [0.4, 0.5) is 10.1 Å². The number of aliphatic hydroxyl groups is 2. The topological polar surface area (TPSA) is 86.6 Å². The van der Waals surface area contributed by atoms with Crippen LogP contribution < -0.4 is 5.32 Å². The fourth-order valence-electron chi connectivity index (χ4n) is 6.97. The molecule has 4 rings (SSSR count). The highest BCUT2D eigenvalue weighted by molar-refractivity contribution is 6.31. The zero-order valence-electron chi connectivity index (χ0n) is 23.1. The van der Waals surface area contributed by atoms with Crippen LogP contribution in [0.5, 0.6) is 0 Å². The minimum absolute atomic E-state index is 0.0541. The monoisotopic (exact) mass is 579 g/mol. The summed E-state index contributed by atoms with van der Waals surface area (Å²) in [4.78, 5) is 28.5. The zero-order valence-corrected chi connectivity index (χ0v) is 24.6. The molecule has 1 fully saturated rings. The van der Waals surface area contributed by atoms with E-state index >= 15 is 4.39 Å². The number of benzene rings is 2. The first-order valence-electron chi connectivity index (χ1n) is 13.4. The number of ketones is 1. The molecule has 0 bridgehead atoms. The van der Waals surface area contributed by atoms with Crippen LogP contribution in [0, 0.1) is 11.2 Å². The molecule has 1 saturated heterocycles. The number of halogens is 3. The fourth-order valence-corrected chi connectivity index (χ4v) is 7.33. The molecule has 39 heavy (non-hydrogen) atoms. The number of fused-ring (bicyclic) bond motifs is 2. The predicted octanol–water partition coefficient (Wildman–Crippen LogP) is 5.46. The van der Waals surface area contributed by atoms with E-state index in [1.165, 1.54) is 12.1 Å². The normalized spacial score (nSPS) is 26.5. The van der Waals surface area contributed by atoms with Crippen molar-refractivity contribution in [2.45, 2.75) is 76.0 Å². The minimum atomic E-state index is -1.27. The maximum absolute atomic E-state index is 15.1. The van der Waals surface area contributed by atoms with Gasteiger partial charge in [0.15, 0.2) is 11.8 Å². The van der Waals surface area contributed by atoms with Gasteiger partial charge in [0.05, 0.1) is 37.7 Å². The summed E-state index contributed by atoms with van der Waals surface area (Å²) < 4.78 is 15.3. The number of hydrogen-bond donors (Lipinski definition) is 3. The molecule has 0 radical (unpaired) electrons. The van der Waals surface area contributed by atoms with E-state index in [-0.39, 0.29) is 52.1 Å². The van der Waals surface area contributed by atoms with Crippen LogP contribution in [0.1, 0.15) is 63.5 Å². The Balaban J connectivity index is 1.99. The molecule has 1 spiro atoms. The second kappa shape index (κ2) is 10.7. The fraction of sp³-hybridized carbons (Fsp3) is 0.533. The highest BCUT2D eigenvalue weighted by Gasteiger charge is 2.74. The molecule has 0 aromatic heterocycles. The standard InChI is InChI=1S/C30H37Cl2FN2O4/c1-29(2,3)15-25-30(20-13-22(33)21(32)14-23(20)34-28(30)39)26(17-8-6-9-18(31)12-17)27(35(25,4)5)24(38)11-7-10-19(37)16-36/h6,8-9,12-14,19,25-27,36-37H,7,10-11,15-16H2,1-5H3/p+1/t19-,25+,26-,27-,30-/m0/s1. The summed E-state index contributed by atoms with van der Waals surface area (Å²) >= 11 is 12.6. The Bertz CT molecular complexity index is 1280. The number of likely N-dealkylation sites (tertiary alicyclic amines) is 1. The first kappa shape index (κ1) is 29.9. The van der Waals surface area contributed by atoms with Crippen LogP contribution >= 0.6 is 23.2 Å². The van der Waals surface area contributed by atoms with Crippen molar-refractivity contribution in [1.29, 1.82) is 0 Å². The molecule has 2 aromatic rings. The number of aliphatic hydroxyl groups excluding tert-OH is 2. The van der Waals surface area contributed by atoms with E-state index in [0.29, 0.717) is 29.1 Å². The number of Topliss-reactive ketones (excluding diaryl/α,β-unsaturated/α-hetero) is 1. The van der Waals surface area contributed by atoms with Crippen molar-refractivity contribution >= 4 is 40.6 Å². The molecular formula is C30H38Cl2FN2O4+. The highest BCUT2D eigenvalue weighted by Crippen LogP contribution is 2.62. The summed E-state index contributed by atoms with van der Waals surface area (Å²) in [6.45, 7) is 5.91. The van der Waals surface area contributed by atoms with Crippen LogP contribution in [-0.4, -0.2) is 65.3 Å². The number of nitrogens with zero attached hydrogens (tertiary/aromatic N) is 1. The van der Waals surface area contributed by atoms with Crippen molar-refractivity contribution < 1.29 is 28.7 Å². The first-order chi connectivity index (χ1) is 18.1. The third kappa shape index (κ3) is 5.24. The zero-order chi connectivity index (χ0) is 28.9. The SMILES string of the molecule is CC(C)(C)C[C@@H]1[C@]2(C(=O)Nc3cc(Cl)c(F)cc32)[C@@H](c2cccc(Cl)c2)[C@H](C(=O)CCC[C@H](O)CO)[N+]1(C)C. The summed E-state index contributed by atoms with van der Waals surface area (Å²) in [7, 11) is 3.96.